The normalized spacial score (nSPS) is 17.6. The quantitative estimate of drug-likeness (QED) is 0.803. The summed E-state index contributed by atoms with van der Waals surface area (Å²) in [5.74, 6) is -0.782. The molecule has 1 aliphatic rings. The van der Waals surface area contributed by atoms with Gasteiger partial charge in [0.2, 0.25) is 0 Å². The molecule has 1 aromatic carbocycles. The summed E-state index contributed by atoms with van der Waals surface area (Å²) < 4.78 is 0. The van der Waals surface area contributed by atoms with Crippen LogP contribution in [0.1, 0.15) is 32.3 Å². The SMILES string of the molecule is CCN(CC(C)(NC1CC1)C(=O)O)c1ccc(C)cc1. The minimum atomic E-state index is -0.901. The Morgan fingerprint density at radius 2 is 2.00 bits per heavy atom. The highest BCUT2D eigenvalue weighted by Crippen LogP contribution is 2.25. The molecule has 0 bridgehead atoms. The van der Waals surface area contributed by atoms with Crippen LogP contribution in [0.3, 0.4) is 0 Å². The Balaban J connectivity index is 2.13. The van der Waals surface area contributed by atoms with Crippen molar-refractivity contribution in [2.24, 2.45) is 0 Å². The van der Waals surface area contributed by atoms with E-state index >= 15 is 0 Å². The lowest BCUT2D eigenvalue weighted by molar-refractivity contribution is -0.143. The summed E-state index contributed by atoms with van der Waals surface area (Å²) in [5.41, 5.74) is 1.38. The number of hydrogen-bond acceptors (Lipinski definition) is 3. The van der Waals surface area contributed by atoms with Crippen LogP contribution < -0.4 is 10.2 Å². The second-order valence-electron chi connectivity index (χ2n) is 5.91. The van der Waals surface area contributed by atoms with Crippen molar-refractivity contribution in [2.75, 3.05) is 18.0 Å². The van der Waals surface area contributed by atoms with Crippen molar-refractivity contribution >= 4 is 11.7 Å². The first kappa shape index (κ1) is 14.9. The minimum absolute atomic E-state index is 0.368. The predicted molar refractivity (Wildman–Crippen MR) is 81.3 cm³/mol. The number of rotatable bonds is 7. The van der Waals surface area contributed by atoms with Crippen molar-refractivity contribution in [2.45, 2.75) is 45.2 Å². The Kier molecular flexibility index (Phi) is 4.33. The van der Waals surface area contributed by atoms with E-state index in [0.29, 0.717) is 12.6 Å². The molecule has 0 spiro atoms. The predicted octanol–water partition coefficient (Wildman–Crippen LogP) is 2.42. The molecule has 0 saturated heterocycles. The fraction of sp³-hybridized carbons (Fsp3) is 0.562. The van der Waals surface area contributed by atoms with Gasteiger partial charge in [-0.15, -0.1) is 0 Å². The monoisotopic (exact) mass is 276 g/mol. The zero-order valence-corrected chi connectivity index (χ0v) is 12.5. The van der Waals surface area contributed by atoms with Crippen LogP contribution in [0.15, 0.2) is 24.3 Å². The second kappa shape index (κ2) is 5.83. The van der Waals surface area contributed by atoms with Gasteiger partial charge in [0.15, 0.2) is 0 Å². The van der Waals surface area contributed by atoms with Crippen LogP contribution in [0, 0.1) is 6.92 Å². The molecule has 110 valence electrons. The highest BCUT2D eigenvalue weighted by Gasteiger charge is 2.39. The van der Waals surface area contributed by atoms with Gasteiger partial charge in [0.1, 0.15) is 5.54 Å². The van der Waals surface area contributed by atoms with E-state index < -0.39 is 11.5 Å². The Bertz CT molecular complexity index is 468. The molecule has 2 rings (SSSR count). The van der Waals surface area contributed by atoms with Gasteiger partial charge in [0, 0.05) is 24.8 Å². The van der Waals surface area contributed by atoms with E-state index in [2.05, 4.69) is 48.3 Å². The average Bonchev–Trinajstić information content (AvgIpc) is 3.21. The number of carboxylic acids is 1. The highest BCUT2D eigenvalue weighted by molar-refractivity contribution is 5.79. The number of aliphatic carboxylic acids is 1. The Morgan fingerprint density at radius 3 is 2.45 bits per heavy atom. The topological polar surface area (TPSA) is 52.6 Å². The van der Waals surface area contributed by atoms with E-state index in [1.165, 1.54) is 5.56 Å². The first-order valence-electron chi connectivity index (χ1n) is 7.27. The minimum Gasteiger partial charge on any atom is -0.480 e. The summed E-state index contributed by atoms with van der Waals surface area (Å²) in [4.78, 5) is 13.7. The number of likely N-dealkylation sites (N-methyl/N-ethyl adjacent to an activating group) is 1. The molecule has 0 aromatic heterocycles. The summed E-state index contributed by atoms with van der Waals surface area (Å²) in [6.45, 7) is 7.15. The van der Waals surface area contributed by atoms with Gasteiger partial charge in [-0.3, -0.25) is 10.1 Å². The maximum absolute atomic E-state index is 11.6. The van der Waals surface area contributed by atoms with E-state index in [1.807, 2.05) is 0 Å². The van der Waals surface area contributed by atoms with E-state index in [-0.39, 0.29) is 0 Å². The zero-order valence-electron chi connectivity index (χ0n) is 12.5. The van der Waals surface area contributed by atoms with Crippen molar-refractivity contribution in [3.63, 3.8) is 0 Å². The smallest absolute Gasteiger partial charge is 0.325 e. The molecule has 1 aliphatic carbocycles. The number of carbonyl (C=O) groups is 1. The Hall–Kier alpha value is -1.55. The molecule has 0 amide bonds. The fourth-order valence-corrected chi connectivity index (χ4v) is 2.38. The van der Waals surface area contributed by atoms with Crippen LogP contribution in [0.5, 0.6) is 0 Å². The van der Waals surface area contributed by atoms with Gasteiger partial charge < -0.3 is 10.0 Å². The summed E-state index contributed by atoms with van der Waals surface area (Å²) in [5, 5.41) is 12.8. The first-order valence-corrected chi connectivity index (χ1v) is 7.27. The van der Waals surface area contributed by atoms with Gasteiger partial charge in [-0.2, -0.15) is 0 Å². The van der Waals surface area contributed by atoms with Crippen molar-refractivity contribution in [1.82, 2.24) is 5.32 Å². The number of nitrogens with one attached hydrogen (secondary N) is 1. The van der Waals surface area contributed by atoms with Gasteiger partial charge in [0.25, 0.3) is 0 Å². The molecular weight excluding hydrogens is 252 g/mol. The van der Waals surface area contributed by atoms with Gasteiger partial charge >= 0.3 is 5.97 Å². The molecule has 1 aromatic rings. The molecular formula is C16H24N2O2. The molecule has 0 aliphatic heterocycles. The summed E-state index contributed by atoms with van der Waals surface area (Å²) in [7, 11) is 0. The highest BCUT2D eigenvalue weighted by atomic mass is 16.4. The number of nitrogens with zero attached hydrogens (tertiary/aromatic N) is 1. The molecule has 20 heavy (non-hydrogen) atoms. The van der Waals surface area contributed by atoms with Crippen LogP contribution >= 0.6 is 0 Å². The van der Waals surface area contributed by atoms with Gasteiger partial charge in [-0.05, 0) is 45.7 Å². The molecule has 4 heteroatoms. The van der Waals surface area contributed by atoms with Crippen LogP contribution in [0.2, 0.25) is 0 Å². The van der Waals surface area contributed by atoms with E-state index in [4.69, 9.17) is 0 Å². The van der Waals surface area contributed by atoms with Crippen LogP contribution in [-0.2, 0) is 4.79 Å². The lowest BCUT2D eigenvalue weighted by atomic mass is 10.0. The lowest BCUT2D eigenvalue weighted by Gasteiger charge is -2.34. The summed E-state index contributed by atoms with van der Waals surface area (Å²) >= 11 is 0. The molecule has 0 radical (unpaired) electrons. The lowest BCUT2D eigenvalue weighted by Crippen LogP contribution is -2.57. The third-order valence-corrected chi connectivity index (χ3v) is 3.86. The molecule has 1 fully saturated rings. The second-order valence-corrected chi connectivity index (χ2v) is 5.91. The van der Waals surface area contributed by atoms with E-state index in [9.17, 15) is 9.90 Å². The molecule has 1 atom stereocenters. The number of anilines is 1. The Morgan fingerprint density at radius 1 is 1.40 bits per heavy atom. The molecule has 4 nitrogen and oxygen atoms in total. The molecule has 2 N–H and O–H groups in total. The Labute approximate surface area is 120 Å². The molecule has 1 saturated carbocycles. The van der Waals surface area contributed by atoms with Crippen LogP contribution in [0.4, 0.5) is 5.69 Å². The standard InChI is InChI=1S/C16H24N2O2/c1-4-18(14-9-5-12(2)6-10-14)11-16(3,15(19)20)17-13-7-8-13/h5-6,9-10,13,17H,4,7-8,11H2,1-3H3,(H,19,20). The molecule has 1 unspecified atom stereocenters. The van der Waals surface area contributed by atoms with Crippen molar-refractivity contribution in [3.05, 3.63) is 29.8 Å². The maximum atomic E-state index is 11.6. The number of carboxylic acid groups (broad SMARTS) is 1. The van der Waals surface area contributed by atoms with E-state index in [0.717, 1.165) is 25.1 Å². The van der Waals surface area contributed by atoms with Gasteiger partial charge in [-0.25, -0.2) is 0 Å². The van der Waals surface area contributed by atoms with Crippen LogP contribution in [-0.4, -0.2) is 35.7 Å². The summed E-state index contributed by atoms with van der Waals surface area (Å²) in [6, 6.07) is 8.60. The number of benzene rings is 1. The van der Waals surface area contributed by atoms with Gasteiger partial charge in [-0.1, -0.05) is 17.7 Å². The zero-order chi connectivity index (χ0) is 14.8. The maximum Gasteiger partial charge on any atom is 0.325 e. The van der Waals surface area contributed by atoms with Crippen molar-refractivity contribution < 1.29 is 9.90 Å². The fourth-order valence-electron chi connectivity index (χ4n) is 2.38. The number of aryl methyl sites for hydroxylation is 1. The van der Waals surface area contributed by atoms with Crippen LogP contribution in [0.25, 0.3) is 0 Å². The third kappa shape index (κ3) is 3.51. The summed E-state index contributed by atoms with van der Waals surface area (Å²) in [6.07, 6.45) is 2.17. The number of hydrogen-bond donors (Lipinski definition) is 2. The third-order valence-electron chi connectivity index (χ3n) is 3.86. The molecule has 0 heterocycles. The average molecular weight is 276 g/mol. The van der Waals surface area contributed by atoms with Crippen molar-refractivity contribution in [3.8, 4) is 0 Å². The largest absolute Gasteiger partial charge is 0.480 e. The first-order chi connectivity index (χ1) is 9.44. The van der Waals surface area contributed by atoms with E-state index in [1.54, 1.807) is 6.92 Å². The van der Waals surface area contributed by atoms with Crippen molar-refractivity contribution in [1.29, 1.82) is 0 Å². The van der Waals surface area contributed by atoms with Gasteiger partial charge in [0.05, 0.1) is 0 Å².